The minimum Gasteiger partial charge on any atom is -0.381 e. The molecule has 0 aromatic carbocycles. The molecule has 1 aliphatic rings. The fourth-order valence-corrected chi connectivity index (χ4v) is 2.33. The lowest BCUT2D eigenvalue weighted by atomic mass is 10.00. The van der Waals surface area contributed by atoms with Gasteiger partial charge in [-0.05, 0) is 30.4 Å². The second kappa shape index (κ2) is 6.13. The Morgan fingerprint density at radius 2 is 2.00 bits per heavy atom. The van der Waals surface area contributed by atoms with Crippen LogP contribution in [0.3, 0.4) is 0 Å². The van der Waals surface area contributed by atoms with E-state index in [-0.39, 0.29) is 5.82 Å². The Labute approximate surface area is 119 Å². The number of anilines is 1. The van der Waals surface area contributed by atoms with Gasteiger partial charge < -0.3 is 9.64 Å². The van der Waals surface area contributed by atoms with Gasteiger partial charge in [0.1, 0.15) is 5.82 Å². The first-order valence-corrected chi connectivity index (χ1v) is 6.64. The van der Waals surface area contributed by atoms with Crippen LogP contribution in [0.15, 0.2) is 6.07 Å². The maximum atomic E-state index is 12.7. The van der Waals surface area contributed by atoms with Crippen molar-refractivity contribution in [3.8, 4) is 0 Å². The molecule has 0 unspecified atom stereocenters. The number of hydrogen-bond donors (Lipinski definition) is 0. The zero-order valence-electron chi connectivity index (χ0n) is 11.0. The van der Waals surface area contributed by atoms with Crippen LogP contribution in [0.25, 0.3) is 0 Å². The molecule has 1 aromatic rings. The third kappa shape index (κ3) is 3.96. The molecule has 8 heteroatoms. The van der Waals surface area contributed by atoms with E-state index >= 15 is 0 Å². The van der Waals surface area contributed by atoms with Gasteiger partial charge in [-0.15, -0.1) is 0 Å². The minimum absolute atomic E-state index is 0.184. The molecule has 4 nitrogen and oxygen atoms in total. The highest BCUT2D eigenvalue weighted by molar-refractivity contribution is 6.28. The maximum Gasteiger partial charge on any atom is 0.433 e. The third-order valence-electron chi connectivity index (χ3n) is 3.24. The SMILES string of the molecule is CN(CC1CCOCC1)c1cc(C(F)(F)F)nc(Cl)n1. The molecule has 2 rings (SSSR count). The fraction of sp³-hybridized carbons (Fsp3) is 0.667. The van der Waals surface area contributed by atoms with Crippen LogP contribution in [0.2, 0.25) is 5.28 Å². The molecule has 112 valence electrons. The van der Waals surface area contributed by atoms with Gasteiger partial charge in [-0.3, -0.25) is 0 Å². The Morgan fingerprint density at radius 3 is 2.60 bits per heavy atom. The average molecular weight is 310 g/mol. The van der Waals surface area contributed by atoms with Crippen LogP contribution >= 0.6 is 11.6 Å². The molecule has 20 heavy (non-hydrogen) atoms. The summed E-state index contributed by atoms with van der Waals surface area (Å²) >= 11 is 5.57. The van der Waals surface area contributed by atoms with Crippen LogP contribution in [0.5, 0.6) is 0 Å². The molecule has 0 spiro atoms. The molecule has 0 atom stereocenters. The van der Waals surface area contributed by atoms with Crippen molar-refractivity contribution in [1.82, 2.24) is 9.97 Å². The topological polar surface area (TPSA) is 38.2 Å². The Kier molecular flexibility index (Phi) is 4.70. The normalized spacial score (nSPS) is 17.2. The molecule has 1 saturated heterocycles. The van der Waals surface area contributed by atoms with Gasteiger partial charge in [0.2, 0.25) is 5.28 Å². The van der Waals surface area contributed by atoms with Crippen LogP contribution in [-0.4, -0.2) is 36.8 Å². The largest absolute Gasteiger partial charge is 0.433 e. The van der Waals surface area contributed by atoms with E-state index in [4.69, 9.17) is 16.3 Å². The van der Waals surface area contributed by atoms with E-state index in [9.17, 15) is 13.2 Å². The number of hydrogen-bond acceptors (Lipinski definition) is 4. The quantitative estimate of drug-likeness (QED) is 0.805. The molecule has 1 fully saturated rings. The van der Waals surface area contributed by atoms with Gasteiger partial charge in [0.15, 0.2) is 5.69 Å². The smallest absolute Gasteiger partial charge is 0.381 e. The van der Waals surface area contributed by atoms with E-state index in [2.05, 4.69) is 9.97 Å². The Balaban J connectivity index is 2.12. The van der Waals surface area contributed by atoms with Crippen molar-refractivity contribution >= 4 is 17.4 Å². The lowest BCUT2D eigenvalue weighted by molar-refractivity contribution is -0.141. The van der Waals surface area contributed by atoms with E-state index in [1.807, 2.05) is 0 Å². The van der Waals surface area contributed by atoms with Crippen molar-refractivity contribution in [3.05, 3.63) is 17.0 Å². The van der Waals surface area contributed by atoms with Gasteiger partial charge in [0.25, 0.3) is 0 Å². The van der Waals surface area contributed by atoms with E-state index in [0.717, 1.165) is 18.9 Å². The summed E-state index contributed by atoms with van der Waals surface area (Å²) in [5, 5.41) is -0.395. The summed E-state index contributed by atoms with van der Waals surface area (Å²) < 4.78 is 43.3. The second-order valence-corrected chi connectivity index (χ2v) is 5.15. The van der Waals surface area contributed by atoms with Crippen LogP contribution in [0.4, 0.5) is 19.0 Å². The molecule has 0 saturated carbocycles. The first kappa shape index (κ1) is 15.3. The highest BCUT2D eigenvalue weighted by Gasteiger charge is 2.34. The number of halogens is 4. The highest BCUT2D eigenvalue weighted by atomic mass is 35.5. The van der Waals surface area contributed by atoms with Crippen molar-refractivity contribution in [2.75, 3.05) is 31.7 Å². The summed E-state index contributed by atoms with van der Waals surface area (Å²) in [7, 11) is 1.70. The van der Waals surface area contributed by atoms with E-state index < -0.39 is 17.2 Å². The molecule has 2 heterocycles. The number of nitrogens with zero attached hydrogens (tertiary/aromatic N) is 3. The lowest BCUT2D eigenvalue weighted by Crippen LogP contribution is -2.30. The van der Waals surface area contributed by atoms with Gasteiger partial charge in [-0.2, -0.15) is 13.2 Å². The predicted molar refractivity (Wildman–Crippen MR) is 68.9 cm³/mol. The molecule has 1 aliphatic heterocycles. The predicted octanol–water partition coefficient (Wildman–Crippen LogP) is 3.01. The molecular weight excluding hydrogens is 295 g/mol. The second-order valence-electron chi connectivity index (χ2n) is 4.81. The summed E-state index contributed by atoms with van der Waals surface area (Å²) in [5.74, 6) is 0.570. The van der Waals surface area contributed by atoms with E-state index in [1.165, 1.54) is 0 Å². The average Bonchev–Trinajstić information content (AvgIpc) is 2.38. The number of ether oxygens (including phenoxy) is 1. The van der Waals surface area contributed by atoms with Gasteiger partial charge >= 0.3 is 6.18 Å². The zero-order chi connectivity index (χ0) is 14.8. The number of aromatic nitrogens is 2. The van der Waals surface area contributed by atoms with Gasteiger partial charge in [0, 0.05) is 32.9 Å². The Hall–Kier alpha value is -1.08. The van der Waals surface area contributed by atoms with Crippen LogP contribution in [0.1, 0.15) is 18.5 Å². The van der Waals surface area contributed by atoms with Crippen LogP contribution in [-0.2, 0) is 10.9 Å². The van der Waals surface area contributed by atoms with Crippen molar-refractivity contribution < 1.29 is 17.9 Å². The summed E-state index contributed by atoms with van der Waals surface area (Å²) in [5.41, 5.74) is -1.02. The molecule has 0 bridgehead atoms. The molecule has 0 radical (unpaired) electrons. The van der Waals surface area contributed by atoms with Crippen LogP contribution in [0, 0.1) is 5.92 Å². The van der Waals surface area contributed by atoms with Gasteiger partial charge in [0.05, 0.1) is 0 Å². The van der Waals surface area contributed by atoms with Crippen molar-refractivity contribution in [1.29, 1.82) is 0 Å². The zero-order valence-corrected chi connectivity index (χ0v) is 11.7. The molecule has 0 N–H and O–H groups in total. The summed E-state index contributed by atoms with van der Waals surface area (Å²) in [6.45, 7) is 2.00. The minimum atomic E-state index is -4.53. The number of rotatable bonds is 3. The van der Waals surface area contributed by atoms with Crippen molar-refractivity contribution in [2.24, 2.45) is 5.92 Å². The maximum absolute atomic E-state index is 12.7. The molecular formula is C12H15ClF3N3O. The molecule has 0 aliphatic carbocycles. The highest BCUT2D eigenvalue weighted by Crippen LogP contribution is 2.30. The van der Waals surface area contributed by atoms with E-state index in [1.54, 1.807) is 11.9 Å². The molecule has 1 aromatic heterocycles. The number of alkyl halides is 3. The standard InChI is InChI=1S/C12H15ClF3N3O/c1-19(7-8-2-4-20-5-3-8)10-6-9(12(14,15)16)17-11(13)18-10/h6,8H,2-5,7H2,1H3. The first-order valence-electron chi connectivity index (χ1n) is 6.27. The van der Waals surface area contributed by atoms with Gasteiger partial charge in [-0.1, -0.05) is 0 Å². The van der Waals surface area contributed by atoms with E-state index in [0.29, 0.717) is 25.7 Å². The molecule has 0 amide bonds. The fourth-order valence-electron chi connectivity index (χ4n) is 2.16. The lowest BCUT2D eigenvalue weighted by Gasteiger charge is -2.28. The Morgan fingerprint density at radius 1 is 1.35 bits per heavy atom. The van der Waals surface area contributed by atoms with Crippen molar-refractivity contribution in [3.63, 3.8) is 0 Å². The summed E-state index contributed by atoms with van der Waals surface area (Å²) in [6.07, 6.45) is -2.73. The van der Waals surface area contributed by atoms with Crippen LogP contribution < -0.4 is 4.90 Å². The third-order valence-corrected chi connectivity index (χ3v) is 3.41. The monoisotopic (exact) mass is 309 g/mol. The summed E-state index contributed by atoms with van der Waals surface area (Å²) in [4.78, 5) is 8.76. The first-order chi connectivity index (χ1) is 9.36. The van der Waals surface area contributed by atoms with Crippen molar-refractivity contribution in [2.45, 2.75) is 19.0 Å². The van der Waals surface area contributed by atoms with Gasteiger partial charge in [-0.25, -0.2) is 9.97 Å². The summed E-state index contributed by atoms with van der Waals surface area (Å²) in [6, 6.07) is 0.922. The Bertz CT molecular complexity index is 464.